The van der Waals surface area contributed by atoms with Gasteiger partial charge in [0.05, 0.1) is 26.1 Å². The summed E-state index contributed by atoms with van der Waals surface area (Å²) in [6.45, 7) is 0. The van der Waals surface area contributed by atoms with Gasteiger partial charge in [0.1, 0.15) is 11.5 Å². The maximum atomic E-state index is 12.6. The molecule has 0 saturated carbocycles. The normalized spacial score (nSPS) is 11.0. The summed E-state index contributed by atoms with van der Waals surface area (Å²) in [4.78, 5) is 16.0. The number of aromatic amines is 1. The Balaban J connectivity index is 1.64. The van der Waals surface area contributed by atoms with Gasteiger partial charge in [-0.05, 0) is 23.8 Å². The van der Waals surface area contributed by atoms with Crippen molar-refractivity contribution in [1.29, 1.82) is 0 Å². The molecule has 1 amide bonds. The molecule has 4 rings (SSSR count). The largest absolute Gasteiger partial charge is 0.497 e. The third-order valence-electron chi connectivity index (χ3n) is 4.78. The van der Waals surface area contributed by atoms with Crippen LogP contribution in [0.4, 0.5) is 0 Å². The Kier molecular flexibility index (Phi) is 5.48. The van der Waals surface area contributed by atoms with Crippen LogP contribution in [-0.2, 0) is 0 Å². The predicted octanol–water partition coefficient (Wildman–Crippen LogP) is 4.62. The van der Waals surface area contributed by atoms with Crippen molar-refractivity contribution in [3.8, 4) is 22.8 Å². The van der Waals surface area contributed by atoms with Crippen molar-refractivity contribution < 1.29 is 14.3 Å². The van der Waals surface area contributed by atoms with Gasteiger partial charge in [0, 0.05) is 28.1 Å². The second kappa shape index (κ2) is 8.53. The van der Waals surface area contributed by atoms with Gasteiger partial charge in [0.25, 0.3) is 5.91 Å². The smallest absolute Gasteiger partial charge is 0.271 e. The number of nitrogens with one attached hydrogen (secondary N) is 2. The molecule has 2 N–H and O–H groups in total. The van der Waals surface area contributed by atoms with Gasteiger partial charge in [-0.25, -0.2) is 5.43 Å². The zero-order valence-electron chi connectivity index (χ0n) is 16.7. The number of H-pyrrole nitrogens is 1. The number of hydrogen-bond acceptors (Lipinski definition) is 4. The lowest BCUT2D eigenvalue weighted by atomic mass is 10.1. The Morgan fingerprint density at radius 3 is 2.30 bits per heavy atom. The highest BCUT2D eigenvalue weighted by Gasteiger charge is 2.12. The third-order valence-corrected chi connectivity index (χ3v) is 4.78. The van der Waals surface area contributed by atoms with E-state index in [1.165, 1.54) is 14.2 Å². The summed E-state index contributed by atoms with van der Waals surface area (Å²) < 4.78 is 10.4. The molecule has 0 aliphatic carbocycles. The summed E-state index contributed by atoms with van der Waals surface area (Å²) in [5, 5.41) is 5.24. The molecule has 0 bridgehead atoms. The second-order valence-electron chi connectivity index (χ2n) is 6.63. The number of para-hydroxylation sites is 1. The minimum absolute atomic E-state index is 0.357. The van der Waals surface area contributed by atoms with E-state index in [4.69, 9.17) is 9.47 Å². The van der Waals surface area contributed by atoms with Gasteiger partial charge in [-0.2, -0.15) is 5.10 Å². The number of carbonyl (C=O) groups is 1. The van der Waals surface area contributed by atoms with Gasteiger partial charge in [0.15, 0.2) is 0 Å². The molecule has 6 nitrogen and oxygen atoms in total. The molecule has 0 aliphatic rings. The Morgan fingerprint density at radius 2 is 1.60 bits per heavy atom. The quantitative estimate of drug-likeness (QED) is 0.367. The van der Waals surface area contributed by atoms with Gasteiger partial charge < -0.3 is 14.5 Å². The zero-order valence-corrected chi connectivity index (χ0v) is 16.7. The van der Waals surface area contributed by atoms with E-state index >= 15 is 0 Å². The molecule has 0 fully saturated rings. The third kappa shape index (κ3) is 3.89. The number of nitrogens with zero attached hydrogens (tertiary/aromatic N) is 1. The van der Waals surface area contributed by atoms with Gasteiger partial charge in [-0.15, -0.1) is 0 Å². The van der Waals surface area contributed by atoms with Crippen LogP contribution in [0.1, 0.15) is 15.9 Å². The summed E-state index contributed by atoms with van der Waals surface area (Å²) in [5.41, 5.74) is 6.87. The first-order valence-corrected chi connectivity index (χ1v) is 9.42. The lowest BCUT2D eigenvalue weighted by Gasteiger charge is -2.07. The Hall–Kier alpha value is -4.06. The maximum Gasteiger partial charge on any atom is 0.271 e. The van der Waals surface area contributed by atoms with Crippen LogP contribution >= 0.6 is 0 Å². The monoisotopic (exact) mass is 399 g/mol. The molecular formula is C24H21N3O3. The molecule has 0 radical (unpaired) electrons. The zero-order chi connectivity index (χ0) is 20.9. The van der Waals surface area contributed by atoms with Crippen LogP contribution in [0.2, 0.25) is 0 Å². The SMILES string of the molecule is COc1cc(OC)cc(C(=O)N/N=C/c2c(-c3ccccc3)[nH]c3ccccc23)c1. The van der Waals surface area contributed by atoms with E-state index in [1.807, 2.05) is 54.6 Å². The molecule has 3 aromatic carbocycles. The fourth-order valence-electron chi connectivity index (χ4n) is 3.29. The van der Waals surface area contributed by atoms with Crippen LogP contribution in [0.5, 0.6) is 11.5 Å². The number of hydrazone groups is 1. The predicted molar refractivity (Wildman–Crippen MR) is 118 cm³/mol. The summed E-state index contributed by atoms with van der Waals surface area (Å²) in [6, 6.07) is 23.0. The van der Waals surface area contributed by atoms with Crippen molar-refractivity contribution in [3.05, 3.63) is 83.9 Å². The maximum absolute atomic E-state index is 12.6. The van der Waals surface area contributed by atoms with Crippen molar-refractivity contribution in [1.82, 2.24) is 10.4 Å². The van der Waals surface area contributed by atoms with Crippen LogP contribution in [0.3, 0.4) is 0 Å². The number of aromatic nitrogens is 1. The number of ether oxygens (including phenoxy) is 2. The molecule has 150 valence electrons. The number of methoxy groups -OCH3 is 2. The number of rotatable bonds is 6. The standard InChI is InChI=1S/C24H21N3O3/c1-29-18-12-17(13-19(14-18)30-2)24(28)27-25-15-21-20-10-6-7-11-22(20)26-23(21)16-8-4-3-5-9-16/h3-15,26H,1-2H3,(H,27,28)/b25-15+. The minimum Gasteiger partial charge on any atom is -0.497 e. The molecule has 0 atom stereocenters. The van der Waals surface area contributed by atoms with E-state index < -0.39 is 0 Å². The summed E-state index contributed by atoms with van der Waals surface area (Å²) in [5.74, 6) is 0.711. The van der Waals surface area contributed by atoms with E-state index in [2.05, 4.69) is 15.5 Å². The Bertz CT molecular complexity index is 1190. The highest BCUT2D eigenvalue weighted by Crippen LogP contribution is 2.29. The molecule has 0 unspecified atom stereocenters. The number of amides is 1. The summed E-state index contributed by atoms with van der Waals surface area (Å²) in [7, 11) is 3.08. The first kappa shape index (κ1) is 19.3. The molecule has 0 saturated heterocycles. The van der Waals surface area contributed by atoms with E-state index in [0.717, 1.165) is 27.7 Å². The summed E-state index contributed by atoms with van der Waals surface area (Å²) in [6.07, 6.45) is 1.66. The number of benzene rings is 3. The molecular weight excluding hydrogens is 378 g/mol. The molecule has 6 heteroatoms. The van der Waals surface area contributed by atoms with Gasteiger partial charge in [-0.3, -0.25) is 4.79 Å². The fraction of sp³-hybridized carbons (Fsp3) is 0.0833. The van der Waals surface area contributed by atoms with Crippen LogP contribution < -0.4 is 14.9 Å². The van der Waals surface area contributed by atoms with Crippen molar-refractivity contribution in [2.45, 2.75) is 0 Å². The highest BCUT2D eigenvalue weighted by atomic mass is 16.5. The van der Waals surface area contributed by atoms with Gasteiger partial charge >= 0.3 is 0 Å². The van der Waals surface area contributed by atoms with Crippen molar-refractivity contribution in [2.24, 2.45) is 5.10 Å². The lowest BCUT2D eigenvalue weighted by Crippen LogP contribution is -2.17. The van der Waals surface area contributed by atoms with Gasteiger partial charge in [-0.1, -0.05) is 48.5 Å². The molecule has 0 spiro atoms. The van der Waals surface area contributed by atoms with Crippen LogP contribution in [-0.4, -0.2) is 31.3 Å². The highest BCUT2D eigenvalue weighted by molar-refractivity contribution is 6.06. The lowest BCUT2D eigenvalue weighted by molar-refractivity contribution is 0.0954. The average molecular weight is 399 g/mol. The average Bonchev–Trinajstić information content (AvgIpc) is 3.17. The van der Waals surface area contributed by atoms with Crippen LogP contribution in [0.15, 0.2) is 77.9 Å². The number of carbonyl (C=O) groups excluding carboxylic acids is 1. The molecule has 30 heavy (non-hydrogen) atoms. The Morgan fingerprint density at radius 1 is 0.933 bits per heavy atom. The van der Waals surface area contributed by atoms with E-state index in [-0.39, 0.29) is 5.91 Å². The van der Waals surface area contributed by atoms with Crippen molar-refractivity contribution >= 4 is 23.0 Å². The minimum atomic E-state index is -0.357. The second-order valence-corrected chi connectivity index (χ2v) is 6.63. The first-order valence-electron chi connectivity index (χ1n) is 9.42. The van der Waals surface area contributed by atoms with Crippen LogP contribution in [0.25, 0.3) is 22.2 Å². The summed E-state index contributed by atoms with van der Waals surface area (Å²) >= 11 is 0. The number of fused-ring (bicyclic) bond motifs is 1. The topological polar surface area (TPSA) is 75.7 Å². The molecule has 1 heterocycles. The van der Waals surface area contributed by atoms with E-state index in [1.54, 1.807) is 24.4 Å². The van der Waals surface area contributed by atoms with Crippen LogP contribution in [0, 0.1) is 0 Å². The van der Waals surface area contributed by atoms with E-state index in [0.29, 0.717) is 17.1 Å². The Labute approximate surface area is 174 Å². The molecule has 0 aliphatic heterocycles. The van der Waals surface area contributed by atoms with Crippen molar-refractivity contribution in [3.63, 3.8) is 0 Å². The fourth-order valence-corrected chi connectivity index (χ4v) is 3.29. The molecule has 4 aromatic rings. The number of hydrogen-bond donors (Lipinski definition) is 2. The first-order chi connectivity index (χ1) is 14.7. The van der Waals surface area contributed by atoms with E-state index in [9.17, 15) is 4.79 Å². The molecule has 1 aromatic heterocycles. The van der Waals surface area contributed by atoms with Crippen molar-refractivity contribution in [2.75, 3.05) is 14.2 Å². The van der Waals surface area contributed by atoms with Gasteiger partial charge in [0.2, 0.25) is 0 Å².